The van der Waals surface area contributed by atoms with E-state index in [4.69, 9.17) is 0 Å². The Morgan fingerprint density at radius 3 is 2.61 bits per heavy atom. The summed E-state index contributed by atoms with van der Waals surface area (Å²) in [5, 5.41) is 0. The van der Waals surface area contributed by atoms with Crippen LogP contribution in [-0.2, 0) is 17.6 Å². The Bertz CT molecular complexity index is 712. The van der Waals surface area contributed by atoms with Gasteiger partial charge < -0.3 is 4.90 Å². The predicted octanol–water partition coefficient (Wildman–Crippen LogP) is 3.25. The number of rotatable bonds is 4. The van der Waals surface area contributed by atoms with Crippen molar-refractivity contribution in [2.45, 2.75) is 40.0 Å². The molecule has 0 bridgehead atoms. The second-order valence-corrected chi connectivity index (χ2v) is 6.25. The maximum Gasteiger partial charge on any atom is 0.227 e. The van der Waals surface area contributed by atoms with Gasteiger partial charge >= 0.3 is 0 Å². The van der Waals surface area contributed by atoms with Crippen molar-refractivity contribution in [3.63, 3.8) is 0 Å². The van der Waals surface area contributed by atoms with E-state index in [1.165, 1.54) is 5.56 Å². The van der Waals surface area contributed by atoms with Gasteiger partial charge in [-0.2, -0.15) is 0 Å². The van der Waals surface area contributed by atoms with Crippen LogP contribution in [0.4, 0.5) is 5.69 Å². The van der Waals surface area contributed by atoms with Crippen molar-refractivity contribution >= 4 is 11.6 Å². The summed E-state index contributed by atoms with van der Waals surface area (Å²) in [5.74, 6) is 1.35. The predicted molar refractivity (Wildman–Crippen MR) is 91.5 cm³/mol. The third-order valence-corrected chi connectivity index (χ3v) is 4.52. The van der Waals surface area contributed by atoms with Crippen LogP contribution in [0.25, 0.3) is 0 Å². The summed E-state index contributed by atoms with van der Waals surface area (Å²) in [7, 11) is 0. The van der Waals surface area contributed by atoms with Gasteiger partial charge in [0.25, 0.3) is 0 Å². The van der Waals surface area contributed by atoms with Gasteiger partial charge in [0.1, 0.15) is 5.82 Å². The zero-order valence-electron chi connectivity index (χ0n) is 14.0. The second kappa shape index (κ2) is 6.49. The molecular formula is C19H23N3O. The summed E-state index contributed by atoms with van der Waals surface area (Å²) < 4.78 is 0. The van der Waals surface area contributed by atoms with E-state index in [-0.39, 0.29) is 5.91 Å². The van der Waals surface area contributed by atoms with E-state index < -0.39 is 0 Å². The summed E-state index contributed by atoms with van der Waals surface area (Å²) in [4.78, 5) is 23.4. The molecular weight excluding hydrogens is 286 g/mol. The molecule has 1 aliphatic heterocycles. The van der Waals surface area contributed by atoms with Crippen molar-refractivity contribution < 1.29 is 4.79 Å². The number of carbonyl (C=O) groups is 1. The van der Waals surface area contributed by atoms with Gasteiger partial charge in [0.05, 0.1) is 0 Å². The second-order valence-electron chi connectivity index (χ2n) is 6.25. The summed E-state index contributed by atoms with van der Waals surface area (Å²) in [6, 6.07) is 9.92. The minimum Gasteiger partial charge on any atom is -0.312 e. The molecule has 2 heterocycles. The molecule has 0 radical (unpaired) electrons. The number of para-hydroxylation sites is 1. The van der Waals surface area contributed by atoms with Crippen LogP contribution in [0.5, 0.6) is 0 Å². The number of aryl methyl sites for hydroxylation is 2. The monoisotopic (exact) mass is 309 g/mol. The summed E-state index contributed by atoms with van der Waals surface area (Å²) in [6.45, 7) is 6.90. The van der Waals surface area contributed by atoms with Gasteiger partial charge in [0.15, 0.2) is 0 Å². The molecule has 1 saturated heterocycles. The van der Waals surface area contributed by atoms with Crippen LogP contribution in [0.3, 0.4) is 0 Å². The lowest BCUT2D eigenvalue weighted by molar-refractivity contribution is -0.117. The van der Waals surface area contributed by atoms with Crippen molar-refractivity contribution in [3.8, 4) is 0 Å². The van der Waals surface area contributed by atoms with Crippen LogP contribution >= 0.6 is 0 Å². The Kier molecular flexibility index (Phi) is 4.42. The normalized spacial score (nSPS) is 17.8. The Morgan fingerprint density at radius 1 is 1.17 bits per heavy atom. The van der Waals surface area contributed by atoms with Crippen LogP contribution in [0.15, 0.2) is 30.3 Å². The highest BCUT2D eigenvalue weighted by Gasteiger charge is 2.31. The van der Waals surface area contributed by atoms with Crippen molar-refractivity contribution in [1.82, 2.24) is 9.97 Å². The quantitative estimate of drug-likeness (QED) is 0.871. The molecule has 23 heavy (non-hydrogen) atoms. The average molecular weight is 309 g/mol. The van der Waals surface area contributed by atoms with Gasteiger partial charge in [-0.1, -0.05) is 25.1 Å². The molecule has 4 heteroatoms. The lowest BCUT2D eigenvalue weighted by Gasteiger charge is -2.17. The number of amides is 1. The molecule has 0 N–H and O–H groups in total. The van der Waals surface area contributed by atoms with E-state index in [0.717, 1.165) is 42.3 Å². The molecule has 1 aromatic carbocycles. The SMILES string of the molecule is CCc1c(C)nc(C)nc1C[C@H]1CC(=O)N(c2ccccc2)C1. The molecule has 0 unspecified atom stereocenters. The zero-order valence-corrected chi connectivity index (χ0v) is 14.0. The number of hydrogen-bond acceptors (Lipinski definition) is 3. The first-order valence-corrected chi connectivity index (χ1v) is 8.27. The van der Waals surface area contributed by atoms with Crippen LogP contribution in [0.1, 0.15) is 36.1 Å². The standard InChI is InChI=1S/C19H23N3O/c1-4-17-13(2)20-14(3)21-18(17)10-15-11-19(23)22(12-15)16-8-6-5-7-9-16/h5-9,15H,4,10-12H2,1-3H3/t15-/m0/s1. The number of hydrogen-bond donors (Lipinski definition) is 0. The van der Waals surface area contributed by atoms with Gasteiger partial charge in [-0.05, 0) is 50.3 Å². The molecule has 1 aromatic heterocycles. The van der Waals surface area contributed by atoms with Gasteiger partial charge in [0, 0.05) is 30.0 Å². The Balaban J connectivity index is 1.79. The molecule has 3 rings (SSSR count). The summed E-state index contributed by atoms with van der Waals surface area (Å²) in [6.07, 6.45) is 2.38. The molecule has 1 atom stereocenters. The smallest absolute Gasteiger partial charge is 0.227 e. The van der Waals surface area contributed by atoms with Gasteiger partial charge in [-0.25, -0.2) is 9.97 Å². The number of nitrogens with zero attached hydrogens (tertiary/aromatic N) is 3. The van der Waals surface area contributed by atoms with Crippen LogP contribution < -0.4 is 4.90 Å². The van der Waals surface area contributed by atoms with Crippen molar-refractivity contribution in [1.29, 1.82) is 0 Å². The number of benzene rings is 1. The molecule has 4 nitrogen and oxygen atoms in total. The highest BCUT2D eigenvalue weighted by molar-refractivity contribution is 5.95. The highest BCUT2D eigenvalue weighted by Crippen LogP contribution is 2.28. The van der Waals surface area contributed by atoms with Crippen LogP contribution in [-0.4, -0.2) is 22.4 Å². The third-order valence-electron chi connectivity index (χ3n) is 4.52. The molecule has 2 aromatic rings. The third kappa shape index (κ3) is 3.26. The number of anilines is 1. The average Bonchev–Trinajstić information content (AvgIpc) is 2.88. The fourth-order valence-electron chi connectivity index (χ4n) is 3.48. The first kappa shape index (κ1) is 15.7. The maximum atomic E-state index is 12.4. The molecule has 0 spiro atoms. The van der Waals surface area contributed by atoms with E-state index >= 15 is 0 Å². The van der Waals surface area contributed by atoms with E-state index in [9.17, 15) is 4.79 Å². The first-order chi connectivity index (χ1) is 11.1. The first-order valence-electron chi connectivity index (χ1n) is 8.27. The van der Waals surface area contributed by atoms with Gasteiger partial charge in [0.2, 0.25) is 5.91 Å². The Labute approximate surface area is 137 Å². The van der Waals surface area contributed by atoms with E-state index in [1.54, 1.807) is 0 Å². The number of aromatic nitrogens is 2. The Morgan fingerprint density at radius 2 is 1.91 bits per heavy atom. The lowest BCUT2D eigenvalue weighted by atomic mass is 9.97. The summed E-state index contributed by atoms with van der Waals surface area (Å²) in [5.41, 5.74) is 4.41. The van der Waals surface area contributed by atoms with E-state index in [2.05, 4.69) is 16.9 Å². The van der Waals surface area contributed by atoms with Gasteiger partial charge in [-0.15, -0.1) is 0 Å². The largest absolute Gasteiger partial charge is 0.312 e. The molecule has 1 fully saturated rings. The summed E-state index contributed by atoms with van der Waals surface area (Å²) >= 11 is 0. The lowest BCUT2D eigenvalue weighted by Crippen LogP contribution is -2.24. The number of carbonyl (C=O) groups excluding carboxylic acids is 1. The minimum atomic E-state index is 0.210. The molecule has 120 valence electrons. The molecule has 0 saturated carbocycles. The van der Waals surface area contributed by atoms with E-state index in [0.29, 0.717) is 12.3 Å². The molecule has 1 aliphatic rings. The zero-order chi connectivity index (χ0) is 16.4. The van der Waals surface area contributed by atoms with E-state index in [1.807, 2.05) is 49.1 Å². The Hall–Kier alpha value is -2.23. The maximum absolute atomic E-state index is 12.4. The molecule has 0 aliphatic carbocycles. The van der Waals surface area contributed by atoms with Crippen molar-refractivity contribution in [2.24, 2.45) is 5.92 Å². The topological polar surface area (TPSA) is 46.1 Å². The minimum absolute atomic E-state index is 0.210. The van der Waals surface area contributed by atoms with Crippen LogP contribution in [0, 0.1) is 19.8 Å². The van der Waals surface area contributed by atoms with Crippen molar-refractivity contribution in [3.05, 3.63) is 53.1 Å². The molecule has 1 amide bonds. The highest BCUT2D eigenvalue weighted by atomic mass is 16.2. The van der Waals surface area contributed by atoms with Gasteiger partial charge in [-0.3, -0.25) is 4.79 Å². The fraction of sp³-hybridized carbons (Fsp3) is 0.421. The fourth-order valence-corrected chi connectivity index (χ4v) is 3.48. The van der Waals surface area contributed by atoms with Crippen molar-refractivity contribution in [2.75, 3.05) is 11.4 Å². The van der Waals surface area contributed by atoms with Crippen LogP contribution in [0.2, 0.25) is 0 Å².